The molecular formula is C21H23ClFN3O2. The van der Waals surface area contributed by atoms with Crippen molar-refractivity contribution in [1.82, 2.24) is 9.80 Å². The molecule has 2 aromatic rings. The Morgan fingerprint density at radius 2 is 1.82 bits per heavy atom. The second-order valence-electron chi connectivity index (χ2n) is 7.45. The SMILES string of the molecule is Nc1cc(Cl)ccc1OCC(=O)N1CC2CCC(C1)N2Cc1ccc(F)cc1. The van der Waals surface area contributed by atoms with E-state index in [-0.39, 0.29) is 18.3 Å². The molecule has 2 bridgehead atoms. The molecule has 2 fully saturated rings. The van der Waals surface area contributed by atoms with Gasteiger partial charge in [-0.1, -0.05) is 23.7 Å². The molecule has 0 aliphatic carbocycles. The number of amides is 1. The van der Waals surface area contributed by atoms with E-state index in [9.17, 15) is 9.18 Å². The fourth-order valence-electron chi connectivity index (χ4n) is 4.13. The highest BCUT2D eigenvalue weighted by atomic mass is 35.5. The van der Waals surface area contributed by atoms with Crippen molar-refractivity contribution in [3.8, 4) is 5.75 Å². The Kier molecular flexibility index (Phi) is 5.42. The maximum Gasteiger partial charge on any atom is 0.260 e. The number of carbonyl (C=O) groups is 1. The molecule has 4 rings (SSSR count). The van der Waals surface area contributed by atoms with Gasteiger partial charge in [0, 0.05) is 36.7 Å². The first-order valence-corrected chi connectivity index (χ1v) is 9.83. The van der Waals surface area contributed by atoms with Crippen LogP contribution in [0.4, 0.5) is 10.1 Å². The molecule has 1 amide bonds. The molecule has 148 valence electrons. The highest BCUT2D eigenvalue weighted by Gasteiger charge is 2.41. The number of likely N-dealkylation sites (tertiary alicyclic amines) is 1. The quantitative estimate of drug-likeness (QED) is 0.778. The van der Waals surface area contributed by atoms with Crippen molar-refractivity contribution in [1.29, 1.82) is 0 Å². The minimum absolute atomic E-state index is 0.0346. The molecule has 2 heterocycles. The topological polar surface area (TPSA) is 58.8 Å². The van der Waals surface area contributed by atoms with Crippen molar-refractivity contribution >= 4 is 23.2 Å². The molecule has 0 aromatic heterocycles. The van der Waals surface area contributed by atoms with Crippen molar-refractivity contribution < 1.29 is 13.9 Å². The van der Waals surface area contributed by atoms with Crippen molar-refractivity contribution in [2.24, 2.45) is 0 Å². The average molecular weight is 404 g/mol. The van der Waals surface area contributed by atoms with Crippen LogP contribution in [0.25, 0.3) is 0 Å². The Labute approximate surface area is 168 Å². The van der Waals surface area contributed by atoms with E-state index < -0.39 is 0 Å². The number of hydrogen-bond acceptors (Lipinski definition) is 4. The molecule has 2 atom stereocenters. The van der Waals surface area contributed by atoms with Crippen molar-refractivity contribution in [3.63, 3.8) is 0 Å². The average Bonchev–Trinajstić information content (AvgIpc) is 2.89. The van der Waals surface area contributed by atoms with Crippen LogP contribution in [0.1, 0.15) is 18.4 Å². The number of fused-ring (bicyclic) bond motifs is 2. The Morgan fingerprint density at radius 3 is 2.46 bits per heavy atom. The zero-order chi connectivity index (χ0) is 19.7. The molecule has 0 radical (unpaired) electrons. The molecule has 5 nitrogen and oxygen atoms in total. The minimum Gasteiger partial charge on any atom is -0.482 e. The Hall–Kier alpha value is -2.31. The van der Waals surface area contributed by atoms with E-state index in [1.54, 1.807) is 18.2 Å². The van der Waals surface area contributed by atoms with Gasteiger partial charge in [0.15, 0.2) is 6.61 Å². The number of ether oxygens (including phenoxy) is 1. The standard InChI is InChI=1S/C21H23ClFN3O2/c22-15-3-8-20(19(24)9-15)28-13-21(27)25-11-17-6-7-18(12-25)26(17)10-14-1-4-16(23)5-2-14/h1-5,8-9,17-18H,6-7,10-13,24H2. The highest BCUT2D eigenvalue weighted by Crippen LogP contribution is 2.32. The zero-order valence-corrected chi connectivity index (χ0v) is 16.2. The van der Waals surface area contributed by atoms with E-state index in [0.717, 1.165) is 24.9 Å². The molecule has 2 aliphatic heterocycles. The van der Waals surface area contributed by atoms with Gasteiger partial charge in [0.1, 0.15) is 11.6 Å². The lowest BCUT2D eigenvalue weighted by atomic mass is 10.1. The number of nitrogen functional groups attached to an aromatic ring is 1. The van der Waals surface area contributed by atoms with Crippen LogP contribution < -0.4 is 10.5 Å². The molecule has 7 heteroatoms. The number of hydrogen-bond donors (Lipinski definition) is 1. The number of anilines is 1. The minimum atomic E-state index is -0.219. The summed E-state index contributed by atoms with van der Waals surface area (Å²) in [6, 6.07) is 12.3. The summed E-state index contributed by atoms with van der Waals surface area (Å²) in [5, 5.41) is 0.532. The number of piperazine rings is 1. The molecule has 2 N–H and O–H groups in total. The summed E-state index contributed by atoms with van der Waals surface area (Å²) in [5.41, 5.74) is 7.39. The van der Waals surface area contributed by atoms with E-state index in [2.05, 4.69) is 4.90 Å². The van der Waals surface area contributed by atoms with Gasteiger partial charge in [-0.05, 0) is 48.7 Å². The fourth-order valence-corrected chi connectivity index (χ4v) is 4.31. The fraction of sp³-hybridized carbons (Fsp3) is 0.381. The van der Waals surface area contributed by atoms with Gasteiger partial charge >= 0.3 is 0 Å². The number of halogens is 2. The number of carbonyl (C=O) groups excluding carboxylic acids is 1. The van der Waals surface area contributed by atoms with E-state index in [0.29, 0.717) is 41.6 Å². The lowest BCUT2D eigenvalue weighted by Gasteiger charge is -2.41. The molecule has 2 unspecified atom stereocenters. The Balaban J connectivity index is 1.34. The van der Waals surface area contributed by atoms with Crippen LogP contribution in [0.15, 0.2) is 42.5 Å². The smallest absolute Gasteiger partial charge is 0.260 e. The van der Waals surface area contributed by atoms with Crippen molar-refractivity contribution in [3.05, 3.63) is 58.9 Å². The van der Waals surface area contributed by atoms with Crippen molar-refractivity contribution in [2.45, 2.75) is 31.5 Å². The first kappa shape index (κ1) is 19.0. The maximum absolute atomic E-state index is 13.1. The van der Waals surface area contributed by atoms with Gasteiger partial charge in [0.2, 0.25) is 0 Å². The van der Waals surface area contributed by atoms with Gasteiger partial charge in [0.05, 0.1) is 5.69 Å². The van der Waals surface area contributed by atoms with Gasteiger partial charge in [-0.15, -0.1) is 0 Å². The van der Waals surface area contributed by atoms with E-state index >= 15 is 0 Å². The first-order valence-electron chi connectivity index (χ1n) is 9.45. The van der Waals surface area contributed by atoms with Crippen LogP contribution in [0.2, 0.25) is 5.02 Å². The van der Waals surface area contributed by atoms with Gasteiger partial charge in [-0.25, -0.2) is 4.39 Å². The molecule has 0 spiro atoms. The predicted molar refractivity (Wildman–Crippen MR) is 107 cm³/mol. The van der Waals surface area contributed by atoms with E-state index in [1.165, 1.54) is 12.1 Å². The number of nitrogens with zero attached hydrogens (tertiary/aromatic N) is 2. The summed E-state index contributed by atoms with van der Waals surface area (Å²) in [7, 11) is 0. The Morgan fingerprint density at radius 1 is 1.14 bits per heavy atom. The van der Waals surface area contributed by atoms with Crippen molar-refractivity contribution in [2.75, 3.05) is 25.4 Å². The van der Waals surface area contributed by atoms with Crippen LogP contribution in [-0.4, -0.2) is 47.5 Å². The summed E-state index contributed by atoms with van der Waals surface area (Å²) in [5.74, 6) is 0.215. The molecule has 2 aliphatic rings. The molecule has 0 saturated carbocycles. The monoisotopic (exact) mass is 403 g/mol. The largest absolute Gasteiger partial charge is 0.482 e. The second-order valence-corrected chi connectivity index (χ2v) is 7.89. The van der Waals surface area contributed by atoms with Gasteiger partial charge < -0.3 is 15.4 Å². The van der Waals surface area contributed by atoms with E-state index in [1.807, 2.05) is 17.0 Å². The van der Waals surface area contributed by atoms with E-state index in [4.69, 9.17) is 22.1 Å². The molecule has 2 saturated heterocycles. The molecule has 2 aromatic carbocycles. The van der Waals surface area contributed by atoms with Gasteiger partial charge in [-0.3, -0.25) is 9.69 Å². The van der Waals surface area contributed by atoms with Crippen LogP contribution in [0.5, 0.6) is 5.75 Å². The highest BCUT2D eigenvalue weighted by molar-refractivity contribution is 6.30. The zero-order valence-electron chi connectivity index (χ0n) is 15.5. The van der Waals surface area contributed by atoms with Crippen LogP contribution in [-0.2, 0) is 11.3 Å². The second kappa shape index (κ2) is 7.97. The summed E-state index contributed by atoms with van der Waals surface area (Å²) < 4.78 is 18.7. The predicted octanol–water partition coefficient (Wildman–Crippen LogP) is 3.32. The molecule has 28 heavy (non-hydrogen) atoms. The lowest BCUT2D eigenvalue weighted by molar-refractivity contribution is -0.136. The lowest BCUT2D eigenvalue weighted by Crippen LogP contribution is -2.55. The first-order chi connectivity index (χ1) is 13.5. The summed E-state index contributed by atoms with van der Waals surface area (Å²) in [6.07, 6.45) is 2.14. The molecular weight excluding hydrogens is 381 g/mol. The third kappa shape index (κ3) is 4.08. The third-order valence-electron chi connectivity index (χ3n) is 5.59. The normalized spacial score (nSPS) is 21.7. The third-order valence-corrected chi connectivity index (χ3v) is 5.82. The number of rotatable bonds is 5. The maximum atomic E-state index is 13.1. The summed E-state index contributed by atoms with van der Waals surface area (Å²) in [4.78, 5) is 17.0. The van der Waals surface area contributed by atoms with Crippen LogP contribution in [0, 0.1) is 5.82 Å². The van der Waals surface area contributed by atoms with Gasteiger partial charge in [-0.2, -0.15) is 0 Å². The summed E-state index contributed by atoms with van der Waals surface area (Å²) >= 11 is 5.89. The number of nitrogens with two attached hydrogens (primary N) is 1. The van der Waals surface area contributed by atoms with Gasteiger partial charge in [0.25, 0.3) is 5.91 Å². The van der Waals surface area contributed by atoms with Crippen LogP contribution in [0.3, 0.4) is 0 Å². The van der Waals surface area contributed by atoms with Crippen LogP contribution >= 0.6 is 11.6 Å². The summed E-state index contributed by atoms with van der Waals surface area (Å²) in [6.45, 7) is 2.13. The number of benzene rings is 2. The Bertz CT molecular complexity index is 847.